The average Bonchev–Trinajstić information content (AvgIpc) is 2.64. The minimum absolute atomic E-state index is 0.0141. The molecule has 29 heavy (non-hydrogen) atoms. The Morgan fingerprint density at radius 1 is 0.966 bits per heavy atom. The molecule has 0 aliphatic rings. The lowest BCUT2D eigenvalue weighted by Gasteiger charge is -2.14. The van der Waals surface area contributed by atoms with Gasteiger partial charge in [0.2, 0.25) is 0 Å². The monoisotopic (exact) mass is 418 g/mol. The number of halogens is 6. The molecular formula is C19H16F6N2O2. The van der Waals surface area contributed by atoms with E-state index in [0.717, 1.165) is 0 Å². The van der Waals surface area contributed by atoms with E-state index in [-0.39, 0.29) is 35.8 Å². The van der Waals surface area contributed by atoms with Crippen molar-refractivity contribution in [1.29, 1.82) is 0 Å². The lowest BCUT2D eigenvalue weighted by atomic mass is 10.0. The number of nitrogens with one attached hydrogen (secondary N) is 1. The van der Waals surface area contributed by atoms with E-state index >= 15 is 0 Å². The van der Waals surface area contributed by atoms with Gasteiger partial charge in [0.05, 0.1) is 11.1 Å². The van der Waals surface area contributed by atoms with Gasteiger partial charge in [-0.25, -0.2) is 0 Å². The summed E-state index contributed by atoms with van der Waals surface area (Å²) in [4.78, 5) is 27.6. The summed E-state index contributed by atoms with van der Waals surface area (Å²) in [6.45, 7) is 1.13. The number of amides is 1. The van der Waals surface area contributed by atoms with Crippen molar-refractivity contribution in [2.24, 2.45) is 0 Å². The van der Waals surface area contributed by atoms with Crippen LogP contribution in [0.2, 0.25) is 0 Å². The third kappa shape index (κ3) is 6.30. The van der Waals surface area contributed by atoms with Gasteiger partial charge in [-0.1, -0.05) is 6.92 Å². The second-order valence-electron chi connectivity index (χ2n) is 6.20. The normalized spacial score (nSPS) is 12.0. The van der Waals surface area contributed by atoms with Crippen molar-refractivity contribution in [2.45, 2.75) is 38.7 Å². The summed E-state index contributed by atoms with van der Waals surface area (Å²) in [5.41, 5.74) is -2.84. The fourth-order valence-electron chi connectivity index (χ4n) is 2.45. The molecule has 0 saturated carbocycles. The molecule has 4 nitrogen and oxygen atoms in total. The Balaban J connectivity index is 2.20. The lowest BCUT2D eigenvalue weighted by molar-refractivity contribution is -0.143. The van der Waals surface area contributed by atoms with Gasteiger partial charge in [-0.15, -0.1) is 0 Å². The number of pyridine rings is 1. The molecule has 0 bridgehead atoms. The van der Waals surface area contributed by atoms with Crippen LogP contribution in [0.4, 0.5) is 26.3 Å². The highest BCUT2D eigenvalue weighted by molar-refractivity contribution is 5.94. The van der Waals surface area contributed by atoms with E-state index in [1.54, 1.807) is 6.92 Å². The van der Waals surface area contributed by atoms with E-state index in [0.29, 0.717) is 17.8 Å². The summed E-state index contributed by atoms with van der Waals surface area (Å²) in [5, 5.41) is 2.28. The van der Waals surface area contributed by atoms with Crippen LogP contribution in [-0.2, 0) is 30.1 Å². The maximum atomic E-state index is 12.9. The first kappa shape index (κ1) is 22.4. The minimum atomic E-state index is -4.97. The zero-order valence-corrected chi connectivity index (χ0v) is 15.1. The molecule has 0 aliphatic carbocycles. The van der Waals surface area contributed by atoms with Crippen molar-refractivity contribution in [3.8, 4) is 0 Å². The first-order valence-corrected chi connectivity index (χ1v) is 8.43. The molecule has 1 amide bonds. The molecule has 0 spiro atoms. The van der Waals surface area contributed by atoms with Crippen molar-refractivity contribution in [2.75, 3.05) is 0 Å². The molecule has 0 saturated heterocycles. The number of hydrogen-bond donors (Lipinski definition) is 1. The van der Waals surface area contributed by atoms with E-state index in [1.807, 2.05) is 0 Å². The molecule has 10 heteroatoms. The fourth-order valence-corrected chi connectivity index (χ4v) is 2.45. The van der Waals surface area contributed by atoms with Gasteiger partial charge in [-0.2, -0.15) is 26.3 Å². The molecule has 1 aromatic carbocycles. The van der Waals surface area contributed by atoms with E-state index in [2.05, 4.69) is 10.3 Å². The third-order valence-electron chi connectivity index (χ3n) is 3.95. The molecule has 0 fully saturated rings. The molecule has 0 aliphatic heterocycles. The highest BCUT2D eigenvalue weighted by Crippen LogP contribution is 2.36. The Hall–Kier alpha value is -2.91. The van der Waals surface area contributed by atoms with Crippen LogP contribution in [0.1, 0.15) is 46.1 Å². The summed E-state index contributed by atoms with van der Waals surface area (Å²) in [6.07, 6.45) is -8.34. The van der Waals surface area contributed by atoms with Crippen molar-refractivity contribution < 1.29 is 35.9 Å². The Labute approximate surface area is 161 Å². The van der Waals surface area contributed by atoms with Gasteiger partial charge in [0.1, 0.15) is 5.78 Å². The topological polar surface area (TPSA) is 59.1 Å². The van der Waals surface area contributed by atoms with Gasteiger partial charge in [-0.05, 0) is 35.9 Å². The maximum Gasteiger partial charge on any atom is 0.416 e. The molecule has 156 valence electrons. The van der Waals surface area contributed by atoms with Crippen molar-refractivity contribution in [3.05, 3.63) is 64.5 Å². The van der Waals surface area contributed by atoms with Crippen LogP contribution in [0.5, 0.6) is 0 Å². The molecule has 0 radical (unpaired) electrons. The van der Waals surface area contributed by atoms with Crippen LogP contribution >= 0.6 is 0 Å². The molecule has 2 rings (SSSR count). The summed E-state index contributed by atoms with van der Waals surface area (Å²) in [7, 11) is 0. The number of carbonyl (C=O) groups excluding carboxylic acids is 2. The van der Waals surface area contributed by atoms with Gasteiger partial charge in [0.25, 0.3) is 5.91 Å². The van der Waals surface area contributed by atoms with Gasteiger partial charge in [-0.3, -0.25) is 14.6 Å². The quantitative estimate of drug-likeness (QED) is 0.700. The van der Waals surface area contributed by atoms with Gasteiger partial charge >= 0.3 is 12.4 Å². The minimum Gasteiger partial charge on any atom is -0.348 e. The highest BCUT2D eigenvalue weighted by atomic mass is 19.4. The summed E-state index contributed by atoms with van der Waals surface area (Å²) in [5.74, 6) is -0.817. The maximum absolute atomic E-state index is 12.9. The van der Waals surface area contributed by atoms with Gasteiger partial charge < -0.3 is 5.32 Å². The number of nitrogens with zero attached hydrogens (tertiary/aromatic N) is 1. The Morgan fingerprint density at radius 3 is 2.07 bits per heavy atom. The largest absolute Gasteiger partial charge is 0.416 e. The number of benzene rings is 1. The zero-order chi connectivity index (χ0) is 21.8. The molecular weight excluding hydrogens is 402 g/mol. The van der Waals surface area contributed by atoms with E-state index in [1.165, 1.54) is 18.3 Å². The Kier molecular flexibility index (Phi) is 6.66. The number of ketones is 1. The van der Waals surface area contributed by atoms with Crippen molar-refractivity contribution >= 4 is 11.7 Å². The lowest BCUT2D eigenvalue weighted by Crippen LogP contribution is -2.24. The van der Waals surface area contributed by atoms with Crippen molar-refractivity contribution in [1.82, 2.24) is 10.3 Å². The highest BCUT2D eigenvalue weighted by Gasteiger charge is 2.36. The SMILES string of the molecule is CCC(=O)Cc1cc(C(=O)NCc2cc(C(F)(F)F)cc(C(F)(F)F)c2)ccn1. The molecule has 0 atom stereocenters. The standard InChI is InChI=1S/C19H16F6N2O2/c1-2-16(28)9-15-7-12(3-4-26-15)17(29)27-10-11-5-13(18(20,21)22)8-14(6-11)19(23,24)25/h3-8H,2,9-10H2,1H3,(H,27,29). The number of aromatic nitrogens is 1. The predicted octanol–water partition coefficient (Wildman–Crippen LogP) is 4.57. The summed E-state index contributed by atoms with van der Waals surface area (Å²) < 4.78 is 77.3. The van der Waals surface area contributed by atoms with Crippen LogP contribution in [0.15, 0.2) is 36.5 Å². The number of Topliss-reactive ketones (excluding diaryl/α,β-unsaturated/α-hetero) is 1. The van der Waals surface area contributed by atoms with Crippen LogP contribution in [0.25, 0.3) is 0 Å². The van der Waals surface area contributed by atoms with E-state index in [4.69, 9.17) is 0 Å². The number of carbonyl (C=O) groups is 2. The van der Waals surface area contributed by atoms with E-state index in [9.17, 15) is 35.9 Å². The summed E-state index contributed by atoms with van der Waals surface area (Å²) >= 11 is 0. The predicted molar refractivity (Wildman–Crippen MR) is 90.9 cm³/mol. The second-order valence-corrected chi connectivity index (χ2v) is 6.20. The first-order chi connectivity index (χ1) is 13.4. The van der Waals surface area contributed by atoms with Gasteiger partial charge in [0, 0.05) is 36.8 Å². The van der Waals surface area contributed by atoms with Crippen LogP contribution in [0, 0.1) is 0 Å². The molecule has 0 unspecified atom stereocenters. The van der Waals surface area contributed by atoms with Crippen molar-refractivity contribution in [3.63, 3.8) is 0 Å². The first-order valence-electron chi connectivity index (χ1n) is 8.43. The number of alkyl halides is 6. The van der Waals surface area contributed by atoms with Crippen LogP contribution in [0.3, 0.4) is 0 Å². The number of rotatable bonds is 6. The molecule has 1 heterocycles. The number of hydrogen-bond acceptors (Lipinski definition) is 3. The molecule has 1 aromatic heterocycles. The second kappa shape index (κ2) is 8.62. The van der Waals surface area contributed by atoms with E-state index < -0.39 is 35.9 Å². The zero-order valence-electron chi connectivity index (χ0n) is 15.1. The van der Waals surface area contributed by atoms with Gasteiger partial charge in [0.15, 0.2) is 0 Å². The Morgan fingerprint density at radius 2 is 1.55 bits per heavy atom. The van der Waals surface area contributed by atoms with Crippen LogP contribution < -0.4 is 5.32 Å². The van der Waals surface area contributed by atoms with Crippen LogP contribution in [-0.4, -0.2) is 16.7 Å². The Bertz CT molecular complexity index is 874. The fraction of sp³-hybridized carbons (Fsp3) is 0.316. The molecule has 2 aromatic rings. The third-order valence-corrected chi connectivity index (χ3v) is 3.95. The summed E-state index contributed by atoms with van der Waals surface area (Å²) in [6, 6.07) is 3.78. The average molecular weight is 418 g/mol. The molecule has 1 N–H and O–H groups in total. The smallest absolute Gasteiger partial charge is 0.348 e.